The fourth-order valence-corrected chi connectivity index (χ4v) is 2.53. The zero-order valence-electron chi connectivity index (χ0n) is 12.6. The van der Waals surface area contributed by atoms with Crippen LogP contribution in [0.25, 0.3) is 6.08 Å². The molecule has 0 spiro atoms. The van der Waals surface area contributed by atoms with Crippen molar-refractivity contribution in [2.24, 2.45) is 0 Å². The number of likely N-dealkylation sites (tertiary alicyclic amines) is 1. The van der Waals surface area contributed by atoms with E-state index >= 15 is 0 Å². The molecule has 1 saturated heterocycles. The Kier molecular flexibility index (Phi) is 5.14. The van der Waals surface area contributed by atoms with Crippen LogP contribution < -0.4 is 5.32 Å². The van der Waals surface area contributed by atoms with E-state index in [1.54, 1.807) is 13.0 Å². The maximum absolute atomic E-state index is 11.9. The lowest BCUT2D eigenvalue weighted by molar-refractivity contribution is -0.129. The molecule has 1 fully saturated rings. The summed E-state index contributed by atoms with van der Waals surface area (Å²) in [5, 5.41) is 3.00. The van der Waals surface area contributed by atoms with E-state index in [1.807, 2.05) is 42.2 Å². The Labute approximate surface area is 125 Å². The maximum atomic E-state index is 11.9. The molecular formula is C17H22N2O2. The van der Waals surface area contributed by atoms with E-state index < -0.39 is 0 Å². The number of aryl methyl sites for hydroxylation is 1. The molecule has 0 atom stereocenters. The molecule has 0 aromatic heterocycles. The minimum absolute atomic E-state index is 0.0715. The zero-order valence-corrected chi connectivity index (χ0v) is 12.6. The lowest BCUT2D eigenvalue weighted by atomic mass is 10.0. The van der Waals surface area contributed by atoms with Gasteiger partial charge >= 0.3 is 0 Å². The van der Waals surface area contributed by atoms with Crippen molar-refractivity contribution in [1.82, 2.24) is 10.2 Å². The number of nitrogens with zero attached hydrogens (tertiary/aromatic N) is 1. The van der Waals surface area contributed by atoms with Crippen molar-refractivity contribution >= 4 is 17.9 Å². The number of hydrogen-bond donors (Lipinski definition) is 1. The fourth-order valence-electron chi connectivity index (χ4n) is 2.53. The Morgan fingerprint density at radius 1 is 1.29 bits per heavy atom. The Morgan fingerprint density at radius 3 is 2.62 bits per heavy atom. The van der Waals surface area contributed by atoms with Crippen LogP contribution in [0.15, 0.2) is 30.3 Å². The minimum Gasteiger partial charge on any atom is -0.350 e. The van der Waals surface area contributed by atoms with Gasteiger partial charge in [0.2, 0.25) is 11.8 Å². The van der Waals surface area contributed by atoms with Gasteiger partial charge in [0, 0.05) is 32.1 Å². The Morgan fingerprint density at radius 2 is 2.00 bits per heavy atom. The van der Waals surface area contributed by atoms with Gasteiger partial charge in [-0.25, -0.2) is 0 Å². The first-order chi connectivity index (χ1) is 10.0. The topological polar surface area (TPSA) is 49.4 Å². The quantitative estimate of drug-likeness (QED) is 0.865. The second kappa shape index (κ2) is 7.07. The molecule has 0 unspecified atom stereocenters. The van der Waals surface area contributed by atoms with Gasteiger partial charge in [0.05, 0.1) is 0 Å². The summed E-state index contributed by atoms with van der Waals surface area (Å²) in [5.74, 6) is 0.0388. The molecule has 0 saturated carbocycles. The van der Waals surface area contributed by atoms with Crippen LogP contribution in [-0.4, -0.2) is 35.8 Å². The minimum atomic E-state index is -0.0715. The Bertz CT molecular complexity index is 543. The number of carbonyl (C=O) groups is 2. The third kappa shape index (κ3) is 4.74. The lowest BCUT2D eigenvalue weighted by Gasteiger charge is -2.31. The van der Waals surface area contributed by atoms with Crippen LogP contribution in [-0.2, 0) is 9.59 Å². The molecule has 0 aliphatic carbocycles. The molecule has 1 aromatic rings. The van der Waals surface area contributed by atoms with Gasteiger partial charge in [0.25, 0.3) is 0 Å². The van der Waals surface area contributed by atoms with Gasteiger partial charge in [-0.15, -0.1) is 0 Å². The number of amides is 2. The van der Waals surface area contributed by atoms with Crippen molar-refractivity contribution in [3.8, 4) is 0 Å². The third-order valence-electron chi connectivity index (χ3n) is 3.76. The van der Waals surface area contributed by atoms with Crippen molar-refractivity contribution in [3.63, 3.8) is 0 Å². The highest BCUT2D eigenvalue weighted by Crippen LogP contribution is 2.10. The molecule has 1 aromatic carbocycles. The van der Waals surface area contributed by atoms with E-state index in [0.29, 0.717) is 0 Å². The van der Waals surface area contributed by atoms with Gasteiger partial charge in [-0.3, -0.25) is 9.59 Å². The summed E-state index contributed by atoms with van der Waals surface area (Å²) in [6.45, 7) is 5.06. The third-order valence-corrected chi connectivity index (χ3v) is 3.76. The first kappa shape index (κ1) is 15.3. The average molecular weight is 286 g/mol. The van der Waals surface area contributed by atoms with Crippen molar-refractivity contribution in [3.05, 3.63) is 41.5 Å². The number of rotatable bonds is 3. The average Bonchev–Trinajstić information content (AvgIpc) is 2.46. The summed E-state index contributed by atoms with van der Waals surface area (Å²) in [6.07, 6.45) is 5.05. The van der Waals surface area contributed by atoms with Crippen LogP contribution in [0.2, 0.25) is 0 Å². The molecule has 4 heteroatoms. The van der Waals surface area contributed by atoms with E-state index in [1.165, 1.54) is 5.56 Å². The van der Waals surface area contributed by atoms with Crippen molar-refractivity contribution in [2.45, 2.75) is 32.7 Å². The molecular weight excluding hydrogens is 264 g/mol. The fraction of sp³-hybridized carbons (Fsp3) is 0.412. The highest BCUT2D eigenvalue weighted by Gasteiger charge is 2.21. The predicted molar refractivity (Wildman–Crippen MR) is 83.6 cm³/mol. The van der Waals surface area contributed by atoms with Crippen LogP contribution in [0.3, 0.4) is 0 Å². The number of benzene rings is 1. The van der Waals surface area contributed by atoms with E-state index in [4.69, 9.17) is 0 Å². The molecule has 4 nitrogen and oxygen atoms in total. The molecule has 0 radical (unpaired) electrons. The molecule has 0 bridgehead atoms. The number of hydrogen-bond acceptors (Lipinski definition) is 2. The van der Waals surface area contributed by atoms with E-state index in [0.717, 1.165) is 31.5 Å². The molecule has 1 heterocycles. The predicted octanol–water partition coefficient (Wildman–Crippen LogP) is 2.14. The molecule has 1 N–H and O–H groups in total. The van der Waals surface area contributed by atoms with Crippen LogP contribution in [0.5, 0.6) is 0 Å². The van der Waals surface area contributed by atoms with Gasteiger partial charge < -0.3 is 10.2 Å². The second-order valence-electron chi connectivity index (χ2n) is 5.54. The standard InChI is InChI=1S/C17H22N2O2/c1-13-4-3-5-15(12-13)6-7-17(21)18-16-8-10-19(11-9-16)14(2)20/h3-7,12,16H,8-11H2,1-2H3,(H,18,21)/b7-6+. The monoisotopic (exact) mass is 286 g/mol. The Balaban J connectivity index is 1.81. The zero-order chi connectivity index (χ0) is 15.2. The van der Waals surface area contributed by atoms with E-state index in [-0.39, 0.29) is 17.9 Å². The van der Waals surface area contributed by atoms with Gasteiger partial charge in [-0.05, 0) is 31.4 Å². The molecule has 2 amide bonds. The maximum Gasteiger partial charge on any atom is 0.244 e. The van der Waals surface area contributed by atoms with Crippen LogP contribution in [0.4, 0.5) is 0 Å². The molecule has 2 rings (SSSR count). The van der Waals surface area contributed by atoms with Gasteiger partial charge in [0.15, 0.2) is 0 Å². The highest BCUT2D eigenvalue weighted by atomic mass is 16.2. The molecule has 21 heavy (non-hydrogen) atoms. The van der Waals surface area contributed by atoms with Crippen molar-refractivity contribution in [1.29, 1.82) is 0 Å². The molecule has 1 aliphatic heterocycles. The smallest absolute Gasteiger partial charge is 0.244 e. The highest BCUT2D eigenvalue weighted by molar-refractivity contribution is 5.91. The number of nitrogens with one attached hydrogen (secondary N) is 1. The summed E-state index contributed by atoms with van der Waals surface area (Å²) in [7, 11) is 0. The van der Waals surface area contributed by atoms with Crippen molar-refractivity contribution < 1.29 is 9.59 Å². The van der Waals surface area contributed by atoms with Gasteiger partial charge in [-0.2, -0.15) is 0 Å². The summed E-state index contributed by atoms with van der Waals surface area (Å²) in [4.78, 5) is 25.0. The first-order valence-electron chi connectivity index (χ1n) is 7.35. The van der Waals surface area contributed by atoms with Crippen LogP contribution in [0, 0.1) is 6.92 Å². The van der Waals surface area contributed by atoms with Crippen molar-refractivity contribution in [2.75, 3.05) is 13.1 Å². The summed E-state index contributed by atoms with van der Waals surface area (Å²) >= 11 is 0. The number of piperidine rings is 1. The second-order valence-corrected chi connectivity index (χ2v) is 5.54. The largest absolute Gasteiger partial charge is 0.350 e. The van der Waals surface area contributed by atoms with Gasteiger partial charge in [0.1, 0.15) is 0 Å². The molecule has 1 aliphatic rings. The van der Waals surface area contributed by atoms with Crippen LogP contribution in [0.1, 0.15) is 30.9 Å². The summed E-state index contributed by atoms with van der Waals surface area (Å²) in [6, 6.07) is 8.18. The first-order valence-corrected chi connectivity index (χ1v) is 7.35. The number of carbonyl (C=O) groups excluding carboxylic acids is 2. The summed E-state index contributed by atoms with van der Waals surface area (Å²) < 4.78 is 0. The molecule has 112 valence electrons. The van der Waals surface area contributed by atoms with E-state index in [9.17, 15) is 9.59 Å². The van der Waals surface area contributed by atoms with Crippen LogP contribution >= 0.6 is 0 Å². The lowest BCUT2D eigenvalue weighted by Crippen LogP contribution is -2.45. The van der Waals surface area contributed by atoms with Gasteiger partial charge in [-0.1, -0.05) is 29.8 Å². The summed E-state index contributed by atoms with van der Waals surface area (Å²) in [5.41, 5.74) is 2.20. The normalized spacial score (nSPS) is 16.2. The van der Waals surface area contributed by atoms with E-state index in [2.05, 4.69) is 5.32 Å². The SMILES string of the molecule is CC(=O)N1CCC(NC(=O)/C=C/c2cccc(C)c2)CC1. The Hall–Kier alpha value is -2.10.